The van der Waals surface area contributed by atoms with Gasteiger partial charge in [-0.05, 0) is 50.1 Å². The van der Waals surface area contributed by atoms with E-state index in [0.717, 1.165) is 12.1 Å². The van der Waals surface area contributed by atoms with Crippen molar-refractivity contribution in [1.29, 1.82) is 0 Å². The molecule has 0 bridgehead atoms. The number of nitrogens with zero attached hydrogens (tertiary/aromatic N) is 1. The van der Waals surface area contributed by atoms with Crippen LogP contribution in [0.4, 0.5) is 17.6 Å². The maximum atomic E-state index is 13.8. The Labute approximate surface area is 192 Å². The fourth-order valence-electron chi connectivity index (χ4n) is 3.15. The van der Waals surface area contributed by atoms with Gasteiger partial charge in [0.15, 0.2) is 23.0 Å². The lowest BCUT2D eigenvalue weighted by molar-refractivity contribution is -0.0514. The van der Waals surface area contributed by atoms with Crippen molar-refractivity contribution in [3.05, 3.63) is 65.1 Å². The summed E-state index contributed by atoms with van der Waals surface area (Å²) < 4.78 is 67.6. The first kappa shape index (κ1) is 25.0. The summed E-state index contributed by atoms with van der Waals surface area (Å²) in [5.74, 6) is -1.99. The maximum absolute atomic E-state index is 13.8. The Hall–Kier alpha value is -3.60. The van der Waals surface area contributed by atoms with Gasteiger partial charge in [-0.1, -0.05) is 6.07 Å². The summed E-state index contributed by atoms with van der Waals surface area (Å²) in [6, 6.07) is 6.61. The standard InChI is InChI=1S/C23H23F4N3O4/c1-3-32-18-10-14(5-7-17(18)33-23(26)27)22-30-19(20(34-22)12(2)28)21(31)29-9-8-13-4-6-15(24)11-16(13)25/h4-7,10-12,23H,3,8-9,28H2,1-2H3,(H,29,31). The van der Waals surface area contributed by atoms with Gasteiger partial charge in [0.1, 0.15) is 11.6 Å². The molecule has 1 heterocycles. The van der Waals surface area contributed by atoms with Crippen LogP contribution in [0.5, 0.6) is 11.5 Å². The summed E-state index contributed by atoms with van der Waals surface area (Å²) in [5, 5.41) is 2.61. The van der Waals surface area contributed by atoms with Crippen molar-refractivity contribution in [1.82, 2.24) is 10.3 Å². The van der Waals surface area contributed by atoms with E-state index in [2.05, 4.69) is 15.0 Å². The number of amides is 1. The molecule has 0 aliphatic heterocycles. The lowest BCUT2D eigenvalue weighted by Crippen LogP contribution is -2.28. The van der Waals surface area contributed by atoms with Gasteiger partial charge in [-0.3, -0.25) is 4.79 Å². The molecule has 3 N–H and O–H groups in total. The molecule has 0 aliphatic rings. The number of rotatable bonds is 10. The van der Waals surface area contributed by atoms with Crippen LogP contribution in [0.2, 0.25) is 0 Å². The molecule has 3 aromatic rings. The van der Waals surface area contributed by atoms with Crippen LogP contribution in [0, 0.1) is 11.6 Å². The molecule has 0 aliphatic carbocycles. The van der Waals surface area contributed by atoms with Gasteiger partial charge >= 0.3 is 6.61 Å². The molecule has 1 unspecified atom stereocenters. The number of alkyl halides is 2. The number of carbonyl (C=O) groups is 1. The first-order chi connectivity index (χ1) is 16.2. The van der Waals surface area contributed by atoms with Crippen LogP contribution in [-0.4, -0.2) is 30.7 Å². The quantitative estimate of drug-likeness (QED) is 0.410. The molecule has 2 aromatic carbocycles. The lowest BCUT2D eigenvalue weighted by atomic mass is 10.1. The van der Waals surface area contributed by atoms with Crippen LogP contribution in [0.3, 0.4) is 0 Å². The second-order valence-electron chi connectivity index (χ2n) is 7.24. The number of aromatic nitrogens is 1. The minimum atomic E-state index is -3.03. The zero-order chi connectivity index (χ0) is 24.8. The van der Waals surface area contributed by atoms with E-state index in [4.69, 9.17) is 14.9 Å². The molecule has 0 saturated heterocycles. The SMILES string of the molecule is CCOc1cc(-c2nc(C(=O)NCCc3ccc(F)cc3F)c(C(C)N)o2)ccc1OC(F)F. The molecule has 7 nitrogen and oxygen atoms in total. The molecular weight excluding hydrogens is 458 g/mol. The van der Waals surface area contributed by atoms with Crippen molar-refractivity contribution >= 4 is 5.91 Å². The third-order valence-corrected chi connectivity index (χ3v) is 4.68. The first-order valence-corrected chi connectivity index (χ1v) is 10.4. The number of hydrogen-bond acceptors (Lipinski definition) is 6. The second kappa shape index (κ2) is 11.0. The third kappa shape index (κ3) is 6.04. The Kier molecular flexibility index (Phi) is 8.11. The number of oxazole rings is 1. The Morgan fingerprint density at radius 2 is 1.94 bits per heavy atom. The minimum Gasteiger partial charge on any atom is -0.490 e. The Morgan fingerprint density at radius 1 is 1.18 bits per heavy atom. The predicted molar refractivity (Wildman–Crippen MR) is 115 cm³/mol. The van der Waals surface area contributed by atoms with Gasteiger partial charge in [0.25, 0.3) is 5.91 Å². The average Bonchev–Trinajstić information content (AvgIpc) is 3.22. The fraction of sp³-hybridized carbons (Fsp3) is 0.304. The Balaban J connectivity index is 1.81. The Bertz CT molecular complexity index is 1150. The number of carbonyl (C=O) groups excluding carboxylic acids is 1. The van der Waals surface area contributed by atoms with Crippen molar-refractivity contribution in [2.24, 2.45) is 5.73 Å². The number of hydrogen-bond donors (Lipinski definition) is 2. The molecule has 182 valence electrons. The van der Waals surface area contributed by atoms with E-state index in [1.807, 2.05) is 0 Å². The second-order valence-corrected chi connectivity index (χ2v) is 7.24. The van der Waals surface area contributed by atoms with Gasteiger partial charge in [-0.25, -0.2) is 13.8 Å². The maximum Gasteiger partial charge on any atom is 0.387 e. The van der Waals surface area contributed by atoms with E-state index < -0.39 is 30.2 Å². The molecule has 1 aromatic heterocycles. The van der Waals surface area contributed by atoms with Crippen molar-refractivity contribution in [3.8, 4) is 23.0 Å². The van der Waals surface area contributed by atoms with Crippen LogP contribution in [0.25, 0.3) is 11.5 Å². The van der Waals surface area contributed by atoms with Crippen molar-refractivity contribution < 1.29 is 36.2 Å². The van der Waals surface area contributed by atoms with Crippen LogP contribution in [0.15, 0.2) is 40.8 Å². The predicted octanol–water partition coefficient (Wildman–Crippen LogP) is 4.61. The van der Waals surface area contributed by atoms with Gasteiger partial charge in [0, 0.05) is 18.2 Å². The van der Waals surface area contributed by atoms with Gasteiger partial charge in [0.05, 0.1) is 12.6 Å². The van der Waals surface area contributed by atoms with Gasteiger partial charge in [0.2, 0.25) is 5.89 Å². The minimum absolute atomic E-state index is 0.0200. The zero-order valence-corrected chi connectivity index (χ0v) is 18.4. The molecular formula is C23H23F4N3O4. The van der Waals surface area contributed by atoms with Gasteiger partial charge < -0.3 is 24.9 Å². The van der Waals surface area contributed by atoms with Crippen molar-refractivity contribution in [2.45, 2.75) is 32.9 Å². The normalized spacial score (nSPS) is 12.0. The van der Waals surface area contributed by atoms with E-state index in [9.17, 15) is 22.4 Å². The highest BCUT2D eigenvalue weighted by molar-refractivity contribution is 5.94. The zero-order valence-electron chi connectivity index (χ0n) is 18.4. The summed E-state index contributed by atoms with van der Waals surface area (Å²) in [4.78, 5) is 16.9. The number of benzene rings is 2. The van der Waals surface area contributed by atoms with Gasteiger partial charge in [-0.2, -0.15) is 8.78 Å². The first-order valence-electron chi connectivity index (χ1n) is 10.4. The molecule has 0 spiro atoms. The van der Waals surface area contributed by atoms with E-state index in [-0.39, 0.29) is 54.0 Å². The van der Waals surface area contributed by atoms with E-state index in [1.54, 1.807) is 13.8 Å². The molecule has 1 atom stereocenters. The summed E-state index contributed by atoms with van der Waals surface area (Å²) >= 11 is 0. The molecule has 34 heavy (non-hydrogen) atoms. The van der Waals surface area contributed by atoms with Crippen LogP contribution >= 0.6 is 0 Å². The summed E-state index contributed by atoms with van der Waals surface area (Å²) in [7, 11) is 0. The average molecular weight is 481 g/mol. The third-order valence-electron chi connectivity index (χ3n) is 4.68. The molecule has 0 radical (unpaired) electrons. The molecule has 11 heteroatoms. The molecule has 0 fully saturated rings. The Morgan fingerprint density at radius 3 is 2.59 bits per heavy atom. The van der Waals surface area contributed by atoms with Crippen LogP contribution in [-0.2, 0) is 6.42 Å². The smallest absolute Gasteiger partial charge is 0.387 e. The number of nitrogens with two attached hydrogens (primary N) is 1. The lowest BCUT2D eigenvalue weighted by Gasteiger charge is -2.11. The topological polar surface area (TPSA) is 99.6 Å². The number of halogens is 4. The summed E-state index contributed by atoms with van der Waals surface area (Å²) in [6.07, 6.45) is 0.124. The monoisotopic (exact) mass is 481 g/mol. The highest BCUT2D eigenvalue weighted by atomic mass is 19.3. The number of ether oxygens (including phenoxy) is 2. The molecule has 0 saturated carbocycles. The fourth-order valence-corrected chi connectivity index (χ4v) is 3.15. The van der Waals surface area contributed by atoms with E-state index in [1.165, 1.54) is 24.3 Å². The number of nitrogens with one attached hydrogen (secondary N) is 1. The highest BCUT2D eigenvalue weighted by Gasteiger charge is 2.24. The van der Waals surface area contributed by atoms with Gasteiger partial charge in [-0.15, -0.1) is 0 Å². The van der Waals surface area contributed by atoms with E-state index in [0.29, 0.717) is 5.56 Å². The molecule has 3 rings (SSSR count). The van der Waals surface area contributed by atoms with Crippen LogP contribution < -0.4 is 20.5 Å². The largest absolute Gasteiger partial charge is 0.490 e. The summed E-state index contributed by atoms with van der Waals surface area (Å²) in [6.45, 7) is 0.492. The van der Waals surface area contributed by atoms with E-state index >= 15 is 0 Å². The van der Waals surface area contributed by atoms with Crippen molar-refractivity contribution in [3.63, 3.8) is 0 Å². The molecule has 1 amide bonds. The summed E-state index contributed by atoms with van der Waals surface area (Å²) in [5.41, 5.74) is 6.44. The van der Waals surface area contributed by atoms with Crippen molar-refractivity contribution in [2.75, 3.05) is 13.2 Å². The highest BCUT2D eigenvalue weighted by Crippen LogP contribution is 2.34. The van der Waals surface area contributed by atoms with Crippen LogP contribution in [0.1, 0.15) is 41.7 Å².